The SMILES string of the molecule is O=C(O)CCc1cc2n(n1)CCCN(C(=O)[C@@H]1CC=CCC1)C2. The van der Waals surface area contributed by atoms with E-state index in [2.05, 4.69) is 17.3 Å². The molecule has 0 saturated carbocycles. The van der Waals surface area contributed by atoms with E-state index in [1.807, 2.05) is 15.6 Å². The zero-order valence-electron chi connectivity index (χ0n) is 13.3. The van der Waals surface area contributed by atoms with E-state index in [-0.39, 0.29) is 18.2 Å². The number of nitrogens with zero attached hydrogens (tertiary/aromatic N) is 3. The minimum atomic E-state index is -0.810. The van der Waals surface area contributed by atoms with Gasteiger partial charge in [0.25, 0.3) is 0 Å². The largest absolute Gasteiger partial charge is 0.481 e. The minimum absolute atomic E-state index is 0.0908. The summed E-state index contributed by atoms with van der Waals surface area (Å²) < 4.78 is 1.94. The number of hydrogen-bond donors (Lipinski definition) is 1. The fourth-order valence-corrected chi connectivity index (χ4v) is 3.34. The Balaban J connectivity index is 1.68. The topological polar surface area (TPSA) is 75.4 Å². The van der Waals surface area contributed by atoms with Gasteiger partial charge in [-0.15, -0.1) is 0 Å². The molecule has 1 amide bonds. The lowest BCUT2D eigenvalue weighted by molar-refractivity contribution is -0.137. The van der Waals surface area contributed by atoms with Gasteiger partial charge in [-0.3, -0.25) is 14.3 Å². The van der Waals surface area contributed by atoms with Crippen molar-refractivity contribution >= 4 is 11.9 Å². The maximum absolute atomic E-state index is 12.7. The third-order valence-electron chi connectivity index (χ3n) is 4.59. The van der Waals surface area contributed by atoms with E-state index in [4.69, 9.17) is 5.11 Å². The molecule has 2 aliphatic rings. The second-order valence-corrected chi connectivity index (χ2v) is 6.34. The Bertz CT molecular complexity index is 621. The molecule has 23 heavy (non-hydrogen) atoms. The first kappa shape index (κ1) is 15.8. The van der Waals surface area contributed by atoms with Crippen molar-refractivity contribution < 1.29 is 14.7 Å². The quantitative estimate of drug-likeness (QED) is 0.862. The van der Waals surface area contributed by atoms with Gasteiger partial charge in [-0.2, -0.15) is 5.10 Å². The van der Waals surface area contributed by atoms with Gasteiger partial charge in [0.1, 0.15) is 0 Å². The number of aromatic nitrogens is 2. The van der Waals surface area contributed by atoms with Crippen LogP contribution >= 0.6 is 0 Å². The Morgan fingerprint density at radius 3 is 2.91 bits per heavy atom. The first-order valence-corrected chi connectivity index (χ1v) is 8.34. The van der Waals surface area contributed by atoms with E-state index in [0.717, 1.165) is 50.2 Å². The molecule has 6 heteroatoms. The lowest BCUT2D eigenvalue weighted by Crippen LogP contribution is -2.36. The summed E-state index contributed by atoms with van der Waals surface area (Å²) in [5.41, 5.74) is 1.82. The molecule has 0 radical (unpaired) electrons. The second-order valence-electron chi connectivity index (χ2n) is 6.34. The van der Waals surface area contributed by atoms with E-state index < -0.39 is 5.97 Å². The third-order valence-corrected chi connectivity index (χ3v) is 4.59. The van der Waals surface area contributed by atoms with Crippen LogP contribution in [0.15, 0.2) is 18.2 Å². The molecule has 2 heterocycles. The Kier molecular flexibility index (Phi) is 4.79. The fourth-order valence-electron chi connectivity index (χ4n) is 3.34. The van der Waals surface area contributed by atoms with E-state index in [1.165, 1.54) is 0 Å². The molecule has 6 nitrogen and oxygen atoms in total. The third kappa shape index (κ3) is 3.81. The Hall–Kier alpha value is -2.11. The van der Waals surface area contributed by atoms with Crippen molar-refractivity contribution in [3.05, 3.63) is 29.6 Å². The summed E-state index contributed by atoms with van der Waals surface area (Å²) in [5.74, 6) is -0.451. The summed E-state index contributed by atoms with van der Waals surface area (Å²) >= 11 is 0. The van der Waals surface area contributed by atoms with Gasteiger partial charge in [-0.05, 0) is 31.7 Å². The summed E-state index contributed by atoms with van der Waals surface area (Å²) in [6.07, 6.45) is 8.45. The molecule has 0 unspecified atom stereocenters. The van der Waals surface area contributed by atoms with Crippen molar-refractivity contribution in [3.63, 3.8) is 0 Å². The zero-order valence-corrected chi connectivity index (χ0v) is 13.3. The molecule has 0 bridgehead atoms. The molecule has 0 fully saturated rings. The molecular formula is C17H23N3O3. The van der Waals surface area contributed by atoms with Crippen LogP contribution in [0.1, 0.15) is 43.5 Å². The predicted octanol–water partition coefficient (Wildman–Crippen LogP) is 1.99. The van der Waals surface area contributed by atoms with Gasteiger partial charge >= 0.3 is 5.97 Å². The molecule has 1 aromatic heterocycles. The molecule has 3 rings (SSSR count). The smallest absolute Gasteiger partial charge is 0.303 e. The Morgan fingerprint density at radius 2 is 2.17 bits per heavy atom. The van der Waals surface area contributed by atoms with Crippen molar-refractivity contribution in [2.45, 2.75) is 51.6 Å². The summed E-state index contributed by atoms with van der Waals surface area (Å²) in [6, 6.07) is 1.95. The van der Waals surface area contributed by atoms with Gasteiger partial charge in [-0.1, -0.05) is 12.2 Å². The van der Waals surface area contributed by atoms with Gasteiger partial charge in [0.15, 0.2) is 0 Å². The van der Waals surface area contributed by atoms with E-state index >= 15 is 0 Å². The summed E-state index contributed by atoms with van der Waals surface area (Å²) in [5, 5.41) is 13.3. The number of aryl methyl sites for hydroxylation is 2. The van der Waals surface area contributed by atoms with Crippen LogP contribution in [0.4, 0.5) is 0 Å². The number of rotatable bonds is 4. The van der Waals surface area contributed by atoms with Crippen LogP contribution in [0.5, 0.6) is 0 Å². The highest BCUT2D eigenvalue weighted by molar-refractivity contribution is 5.79. The standard InChI is InChI=1S/C17H23N3O3/c21-16(22)8-7-14-11-15-12-19(9-4-10-20(15)18-14)17(23)13-5-2-1-3-6-13/h1-2,11,13H,3-10,12H2,(H,21,22)/t13-/m1/s1. The fraction of sp³-hybridized carbons (Fsp3) is 0.588. The molecule has 1 aliphatic carbocycles. The predicted molar refractivity (Wildman–Crippen MR) is 84.7 cm³/mol. The summed E-state index contributed by atoms with van der Waals surface area (Å²) in [7, 11) is 0. The minimum Gasteiger partial charge on any atom is -0.481 e. The highest BCUT2D eigenvalue weighted by Crippen LogP contribution is 2.23. The normalized spacial score (nSPS) is 20.9. The molecular weight excluding hydrogens is 294 g/mol. The molecule has 0 aromatic carbocycles. The monoisotopic (exact) mass is 317 g/mol. The number of aliphatic carboxylic acids is 1. The van der Waals surface area contributed by atoms with Crippen molar-refractivity contribution in [1.82, 2.24) is 14.7 Å². The van der Waals surface area contributed by atoms with E-state index in [1.54, 1.807) is 0 Å². The Labute approximate surface area is 135 Å². The number of hydrogen-bond acceptors (Lipinski definition) is 3. The van der Waals surface area contributed by atoms with Crippen LogP contribution in [-0.4, -0.2) is 38.2 Å². The maximum Gasteiger partial charge on any atom is 0.303 e. The summed E-state index contributed by atoms with van der Waals surface area (Å²) in [4.78, 5) is 25.4. The maximum atomic E-state index is 12.7. The van der Waals surface area contributed by atoms with Crippen molar-refractivity contribution in [2.75, 3.05) is 6.54 Å². The van der Waals surface area contributed by atoms with Gasteiger partial charge in [0, 0.05) is 25.4 Å². The number of carboxylic acid groups (broad SMARTS) is 1. The lowest BCUT2D eigenvalue weighted by Gasteiger charge is -2.26. The highest BCUT2D eigenvalue weighted by atomic mass is 16.4. The van der Waals surface area contributed by atoms with E-state index in [9.17, 15) is 9.59 Å². The lowest BCUT2D eigenvalue weighted by atomic mass is 9.93. The number of amides is 1. The molecule has 0 spiro atoms. The van der Waals surface area contributed by atoms with Gasteiger partial charge < -0.3 is 10.0 Å². The van der Waals surface area contributed by atoms with E-state index in [0.29, 0.717) is 13.0 Å². The van der Waals surface area contributed by atoms with Crippen LogP contribution in [0.2, 0.25) is 0 Å². The first-order valence-electron chi connectivity index (χ1n) is 8.34. The average molecular weight is 317 g/mol. The number of fused-ring (bicyclic) bond motifs is 1. The first-order chi connectivity index (χ1) is 11.1. The van der Waals surface area contributed by atoms with Crippen LogP contribution in [0.25, 0.3) is 0 Å². The number of allylic oxidation sites excluding steroid dienone is 2. The molecule has 124 valence electrons. The number of carbonyl (C=O) groups excluding carboxylic acids is 1. The van der Waals surface area contributed by atoms with Gasteiger partial charge in [0.05, 0.1) is 24.4 Å². The summed E-state index contributed by atoms with van der Waals surface area (Å²) in [6.45, 7) is 2.14. The van der Waals surface area contributed by atoms with Crippen LogP contribution in [0, 0.1) is 5.92 Å². The average Bonchev–Trinajstić information content (AvgIpc) is 2.83. The van der Waals surface area contributed by atoms with Crippen LogP contribution < -0.4 is 0 Å². The molecule has 1 aliphatic heterocycles. The second kappa shape index (κ2) is 6.98. The van der Waals surface area contributed by atoms with Gasteiger partial charge in [-0.25, -0.2) is 0 Å². The molecule has 1 N–H and O–H groups in total. The van der Waals surface area contributed by atoms with Crippen LogP contribution in [-0.2, 0) is 29.1 Å². The molecule has 0 saturated heterocycles. The highest BCUT2D eigenvalue weighted by Gasteiger charge is 2.26. The van der Waals surface area contributed by atoms with Crippen molar-refractivity contribution in [1.29, 1.82) is 0 Å². The number of carbonyl (C=O) groups is 2. The number of carboxylic acids is 1. The molecule has 1 atom stereocenters. The van der Waals surface area contributed by atoms with Gasteiger partial charge in [0.2, 0.25) is 5.91 Å². The van der Waals surface area contributed by atoms with Crippen molar-refractivity contribution in [2.24, 2.45) is 5.92 Å². The zero-order chi connectivity index (χ0) is 16.2. The molecule has 1 aromatic rings. The van der Waals surface area contributed by atoms with Crippen molar-refractivity contribution in [3.8, 4) is 0 Å². The van der Waals surface area contributed by atoms with Crippen LogP contribution in [0.3, 0.4) is 0 Å². The Morgan fingerprint density at radius 1 is 1.30 bits per heavy atom.